The summed E-state index contributed by atoms with van der Waals surface area (Å²) in [6, 6.07) is 4.58. The molecule has 1 aromatic carbocycles. The largest absolute Gasteiger partial charge is 0.434 e. The molecule has 0 N–H and O–H groups in total. The first kappa shape index (κ1) is 12.7. The zero-order valence-electron chi connectivity index (χ0n) is 9.13. The van der Waals surface area contributed by atoms with E-state index in [9.17, 15) is 10.1 Å². The number of nitro groups is 1. The summed E-state index contributed by atoms with van der Waals surface area (Å²) in [6.45, 7) is 0. The molecule has 6 nitrogen and oxygen atoms in total. The van der Waals surface area contributed by atoms with E-state index in [1.807, 2.05) is 0 Å². The molecule has 0 amide bonds. The highest BCUT2D eigenvalue weighted by Gasteiger charge is 2.22. The van der Waals surface area contributed by atoms with Crippen molar-refractivity contribution in [2.45, 2.75) is 0 Å². The molecule has 0 aliphatic rings. The maximum atomic E-state index is 10.7. The Bertz CT molecular complexity index is 612. The Morgan fingerprint density at radius 3 is 2.72 bits per heavy atom. The zero-order chi connectivity index (χ0) is 13.3. The first-order valence-corrected chi connectivity index (χ1v) is 5.53. The van der Waals surface area contributed by atoms with Crippen molar-refractivity contribution in [3.05, 3.63) is 44.7 Å². The van der Waals surface area contributed by atoms with Gasteiger partial charge in [0, 0.05) is 13.1 Å². The highest BCUT2D eigenvalue weighted by atomic mass is 35.5. The number of rotatable bonds is 3. The van der Waals surface area contributed by atoms with Crippen LogP contribution in [0.15, 0.2) is 24.5 Å². The lowest BCUT2D eigenvalue weighted by Gasteiger charge is -2.06. The van der Waals surface area contributed by atoms with Gasteiger partial charge in [-0.05, 0) is 22.0 Å². The summed E-state index contributed by atoms with van der Waals surface area (Å²) in [5.41, 5.74) is 0. The topological polar surface area (TPSA) is 70.2 Å². The third-order valence-electron chi connectivity index (χ3n) is 2.14. The van der Waals surface area contributed by atoms with Crippen molar-refractivity contribution in [2.24, 2.45) is 7.05 Å². The Balaban J connectivity index is 2.36. The predicted octanol–water partition coefficient (Wildman–Crippen LogP) is 3.43. The Labute approximate surface area is 112 Å². The lowest BCUT2D eigenvalue weighted by molar-refractivity contribution is -0.390. The molecule has 1 heterocycles. The van der Waals surface area contributed by atoms with Crippen molar-refractivity contribution < 1.29 is 9.66 Å². The van der Waals surface area contributed by atoms with Gasteiger partial charge in [-0.25, -0.2) is 0 Å². The molecule has 1 aromatic heterocycles. The van der Waals surface area contributed by atoms with Crippen LogP contribution in [0.25, 0.3) is 0 Å². The highest BCUT2D eigenvalue weighted by molar-refractivity contribution is 6.42. The van der Waals surface area contributed by atoms with Crippen molar-refractivity contribution in [3.63, 3.8) is 0 Å². The van der Waals surface area contributed by atoms with E-state index in [2.05, 4.69) is 4.98 Å². The molecular weight excluding hydrogens is 281 g/mol. The molecule has 2 rings (SSSR count). The van der Waals surface area contributed by atoms with Crippen LogP contribution >= 0.6 is 23.2 Å². The molecule has 0 spiro atoms. The molecule has 0 unspecified atom stereocenters. The second kappa shape index (κ2) is 4.83. The summed E-state index contributed by atoms with van der Waals surface area (Å²) in [5, 5.41) is 11.4. The normalized spacial score (nSPS) is 10.4. The van der Waals surface area contributed by atoms with Gasteiger partial charge in [0.1, 0.15) is 5.75 Å². The molecule has 0 aliphatic carbocycles. The SMILES string of the molecule is Cn1cnc([N+](=O)[O-])c1Oc1ccc(Cl)c(Cl)c1. The molecule has 0 radical (unpaired) electrons. The van der Waals surface area contributed by atoms with E-state index < -0.39 is 4.92 Å². The molecule has 0 saturated carbocycles. The number of hydrogen-bond acceptors (Lipinski definition) is 4. The Morgan fingerprint density at radius 2 is 2.11 bits per heavy atom. The van der Waals surface area contributed by atoms with Crippen LogP contribution in [-0.4, -0.2) is 14.5 Å². The number of benzene rings is 1. The molecule has 0 fully saturated rings. The second-order valence-electron chi connectivity index (χ2n) is 3.42. The van der Waals surface area contributed by atoms with Crippen molar-refractivity contribution in [1.29, 1.82) is 0 Å². The van der Waals surface area contributed by atoms with Gasteiger partial charge in [-0.15, -0.1) is 0 Å². The van der Waals surface area contributed by atoms with E-state index in [1.54, 1.807) is 19.2 Å². The minimum Gasteiger partial charge on any atom is -0.434 e. The van der Waals surface area contributed by atoms with Crippen LogP contribution in [0.3, 0.4) is 0 Å². The molecular formula is C10H7Cl2N3O3. The summed E-state index contributed by atoms with van der Waals surface area (Å²) >= 11 is 11.6. The number of nitrogens with zero attached hydrogens (tertiary/aromatic N) is 3. The maximum absolute atomic E-state index is 10.7. The molecule has 94 valence electrons. The van der Waals surface area contributed by atoms with E-state index >= 15 is 0 Å². The number of halogens is 2. The Kier molecular flexibility index (Phi) is 3.40. The fraction of sp³-hybridized carbons (Fsp3) is 0.100. The van der Waals surface area contributed by atoms with Gasteiger partial charge < -0.3 is 14.9 Å². The standard InChI is InChI=1S/C10H7Cl2N3O3/c1-14-5-13-9(15(16)17)10(14)18-6-2-3-7(11)8(12)4-6/h2-5H,1H3. The molecule has 0 saturated heterocycles. The van der Waals surface area contributed by atoms with E-state index in [4.69, 9.17) is 27.9 Å². The first-order valence-electron chi connectivity index (χ1n) is 4.77. The monoisotopic (exact) mass is 287 g/mol. The third kappa shape index (κ3) is 2.39. The van der Waals surface area contributed by atoms with Crippen LogP contribution in [0, 0.1) is 10.1 Å². The second-order valence-corrected chi connectivity index (χ2v) is 4.23. The molecule has 0 bridgehead atoms. The summed E-state index contributed by atoms with van der Waals surface area (Å²) in [6.07, 6.45) is 1.30. The first-order chi connectivity index (χ1) is 8.49. The van der Waals surface area contributed by atoms with Crippen LogP contribution in [0.5, 0.6) is 11.6 Å². The van der Waals surface area contributed by atoms with E-state index in [1.165, 1.54) is 17.0 Å². The molecule has 0 aliphatic heterocycles. The van der Waals surface area contributed by atoms with Gasteiger partial charge in [0.25, 0.3) is 0 Å². The highest BCUT2D eigenvalue weighted by Crippen LogP contribution is 2.32. The van der Waals surface area contributed by atoms with Crippen LogP contribution < -0.4 is 4.74 Å². The average molecular weight is 288 g/mol. The van der Waals surface area contributed by atoms with Crippen molar-refractivity contribution in [3.8, 4) is 11.6 Å². The summed E-state index contributed by atoms with van der Waals surface area (Å²) in [7, 11) is 1.59. The van der Waals surface area contributed by atoms with E-state index in [0.717, 1.165) is 0 Å². The van der Waals surface area contributed by atoms with Gasteiger partial charge >= 0.3 is 11.7 Å². The number of aryl methyl sites for hydroxylation is 1. The Morgan fingerprint density at radius 1 is 1.39 bits per heavy atom. The van der Waals surface area contributed by atoms with E-state index in [0.29, 0.717) is 15.8 Å². The minimum absolute atomic E-state index is 0.0263. The predicted molar refractivity (Wildman–Crippen MR) is 66.4 cm³/mol. The lowest BCUT2D eigenvalue weighted by atomic mass is 10.3. The number of hydrogen-bond donors (Lipinski definition) is 0. The number of aromatic nitrogens is 2. The fourth-order valence-corrected chi connectivity index (χ4v) is 1.59. The Hall–Kier alpha value is -1.79. The van der Waals surface area contributed by atoms with Gasteiger partial charge in [-0.2, -0.15) is 0 Å². The average Bonchev–Trinajstić information content (AvgIpc) is 2.66. The van der Waals surface area contributed by atoms with Gasteiger partial charge in [0.2, 0.25) is 6.33 Å². The van der Waals surface area contributed by atoms with E-state index in [-0.39, 0.29) is 11.7 Å². The molecule has 0 atom stereocenters. The van der Waals surface area contributed by atoms with Crippen LogP contribution in [0.1, 0.15) is 0 Å². The van der Waals surface area contributed by atoms with Gasteiger partial charge in [0.15, 0.2) is 0 Å². The van der Waals surface area contributed by atoms with Gasteiger partial charge in [-0.1, -0.05) is 23.2 Å². The van der Waals surface area contributed by atoms with Crippen molar-refractivity contribution in [1.82, 2.24) is 9.55 Å². The fourth-order valence-electron chi connectivity index (χ4n) is 1.30. The number of ether oxygens (including phenoxy) is 1. The minimum atomic E-state index is -0.618. The van der Waals surface area contributed by atoms with Crippen molar-refractivity contribution >= 4 is 29.0 Å². The number of imidazole rings is 1. The van der Waals surface area contributed by atoms with Crippen molar-refractivity contribution in [2.75, 3.05) is 0 Å². The third-order valence-corrected chi connectivity index (χ3v) is 2.88. The zero-order valence-corrected chi connectivity index (χ0v) is 10.6. The van der Waals surface area contributed by atoms with Crippen LogP contribution in [0.2, 0.25) is 10.0 Å². The summed E-state index contributed by atoms with van der Waals surface area (Å²) in [4.78, 5) is 13.8. The summed E-state index contributed by atoms with van der Waals surface area (Å²) in [5.74, 6) is 0.0121. The maximum Gasteiger partial charge on any atom is 0.427 e. The van der Waals surface area contributed by atoms with Crippen LogP contribution in [0.4, 0.5) is 5.82 Å². The summed E-state index contributed by atoms with van der Waals surface area (Å²) < 4.78 is 6.80. The smallest absolute Gasteiger partial charge is 0.427 e. The quantitative estimate of drug-likeness (QED) is 0.640. The lowest BCUT2D eigenvalue weighted by Crippen LogP contribution is -1.96. The van der Waals surface area contributed by atoms with Gasteiger partial charge in [0.05, 0.1) is 10.0 Å². The van der Waals surface area contributed by atoms with Gasteiger partial charge in [-0.3, -0.25) is 4.57 Å². The molecule has 2 aromatic rings. The van der Waals surface area contributed by atoms with Crippen LogP contribution in [-0.2, 0) is 7.05 Å². The molecule has 18 heavy (non-hydrogen) atoms. The molecule has 8 heteroatoms.